The number of aromatic amines is 1. The van der Waals surface area contributed by atoms with Crippen molar-refractivity contribution in [3.05, 3.63) is 18.0 Å². The molecule has 1 aromatic heterocycles. The van der Waals surface area contributed by atoms with E-state index in [2.05, 4.69) is 44.9 Å². The van der Waals surface area contributed by atoms with Gasteiger partial charge in [-0.3, -0.25) is 14.9 Å². The number of likely N-dealkylation sites (tertiary alicyclic amines) is 1. The molecule has 21 heavy (non-hydrogen) atoms. The Bertz CT molecular complexity index is 402. The monoisotopic (exact) mass is 291 g/mol. The third-order valence-electron chi connectivity index (χ3n) is 5.23. The maximum Gasteiger partial charge on any atom is 0.0490 e. The van der Waals surface area contributed by atoms with Crippen LogP contribution in [-0.4, -0.2) is 83.8 Å². The van der Waals surface area contributed by atoms with E-state index in [0.29, 0.717) is 12.0 Å². The van der Waals surface area contributed by atoms with Crippen LogP contribution in [0.1, 0.15) is 31.4 Å². The highest BCUT2D eigenvalue weighted by atomic mass is 15.3. The van der Waals surface area contributed by atoms with Crippen molar-refractivity contribution in [2.24, 2.45) is 0 Å². The smallest absolute Gasteiger partial charge is 0.0490 e. The van der Waals surface area contributed by atoms with Gasteiger partial charge in [-0.05, 0) is 46.0 Å². The number of likely N-dealkylation sites (N-methyl/N-ethyl adjacent to an activating group) is 1. The molecule has 0 amide bonds. The minimum atomic E-state index is 0.677. The molecular weight excluding hydrogens is 262 g/mol. The lowest BCUT2D eigenvalue weighted by atomic mass is 9.93. The summed E-state index contributed by atoms with van der Waals surface area (Å²) >= 11 is 0. The van der Waals surface area contributed by atoms with Crippen LogP contribution in [0.5, 0.6) is 0 Å². The van der Waals surface area contributed by atoms with Crippen LogP contribution in [-0.2, 0) is 0 Å². The van der Waals surface area contributed by atoms with Gasteiger partial charge in [0, 0.05) is 56.6 Å². The Morgan fingerprint density at radius 2 is 1.90 bits per heavy atom. The van der Waals surface area contributed by atoms with E-state index in [1.54, 1.807) is 0 Å². The first-order valence-electron chi connectivity index (χ1n) is 8.36. The Labute approximate surface area is 128 Å². The maximum atomic E-state index is 4.09. The van der Waals surface area contributed by atoms with Gasteiger partial charge in [0.15, 0.2) is 0 Å². The zero-order chi connectivity index (χ0) is 14.7. The van der Waals surface area contributed by atoms with E-state index < -0.39 is 0 Å². The van der Waals surface area contributed by atoms with Crippen LogP contribution in [0.4, 0.5) is 0 Å². The molecule has 2 aliphatic rings. The summed E-state index contributed by atoms with van der Waals surface area (Å²) in [6, 6.07) is 2.81. The quantitative estimate of drug-likeness (QED) is 0.905. The molecule has 0 spiro atoms. The van der Waals surface area contributed by atoms with E-state index in [4.69, 9.17) is 0 Å². The summed E-state index contributed by atoms with van der Waals surface area (Å²) in [7, 11) is 2.22. The second-order valence-electron chi connectivity index (χ2n) is 6.78. The molecule has 2 fully saturated rings. The fourth-order valence-corrected chi connectivity index (χ4v) is 3.66. The van der Waals surface area contributed by atoms with Gasteiger partial charge in [0.1, 0.15) is 0 Å². The van der Waals surface area contributed by atoms with Gasteiger partial charge in [-0.1, -0.05) is 0 Å². The minimum Gasteiger partial charge on any atom is -0.304 e. The lowest BCUT2D eigenvalue weighted by Gasteiger charge is -2.40. The van der Waals surface area contributed by atoms with E-state index in [-0.39, 0.29) is 0 Å². The fraction of sp³-hybridized carbons (Fsp3) is 0.812. The topological polar surface area (TPSA) is 38.4 Å². The highest BCUT2D eigenvalue weighted by molar-refractivity contribution is 5.07. The molecule has 1 unspecified atom stereocenters. The number of hydrogen-bond acceptors (Lipinski definition) is 4. The summed E-state index contributed by atoms with van der Waals surface area (Å²) in [6.45, 7) is 11.0. The van der Waals surface area contributed by atoms with Crippen molar-refractivity contribution in [2.75, 3.05) is 52.9 Å². The van der Waals surface area contributed by atoms with Gasteiger partial charge < -0.3 is 4.90 Å². The predicted molar refractivity (Wildman–Crippen MR) is 85.5 cm³/mol. The van der Waals surface area contributed by atoms with Crippen LogP contribution in [0.15, 0.2) is 12.3 Å². The Morgan fingerprint density at radius 1 is 1.19 bits per heavy atom. The highest BCUT2D eigenvalue weighted by Crippen LogP contribution is 2.27. The highest BCUT2D eigenvalue weighted by Gasteiger charge is 2.26. The number of aromatic nitrogens is 2. The fourth-order valence-electron chi connectivity index (χ4n) is 3.66. The summed E-state index contributed by atoms with van der Waals surface area (Å²) in [4.78, 5) is 7.73. The second kappa shape index (κ2) is 6.90. The van der Waals surface area contributed by atoms with Crippen LogP contribution < -0.4 is 0 Å². The van der Waals surface area contributed by atoms with Crippen molar-refractivity contribution >= 4 is 0 Å². The van der Waals surface area contributed by atoms with Gasteiger partial charge in [-0.15, -0.1) is 0 Å². The van der Waals surface area contributed by atoms with Gasteiger partial charge in [0.2, 0.25) is 0 Å². The zero-order valence-corrected chi connectivity index (χ0v) is 13.5. The second-order valence-corrected chi connectivity index (χ2v) is 6.78. The molecular formula is C16H29N5. The van der Waals surface area contributed by atoms with Crippen LogP contribution in [0.25, 0.3) is 0 Å². The molecule has 5 nitrogen and oxygen atoms in total. The molecule has 0 radical (unpaired) electrons. The number of rotatable bonds is 4. The molecule has 5 heteroatoms. The van der Waals surface area contributed by atoms with Crippen molar-refractivity contribution in [3.63, 3.8) is 0 Å². The molecule has 1 atom stereocenters. The standard InChI is InChI=1S/C16H29N5/c1-14(13-20-11-9-19(2)10-12-20)21-7-4-15(5-8-21)16-3-6-17-18-16/h3,6,14-15H,4-5,7-13H2,1-2H3,(H,17,18). The molecule has 0 saturated carbocycles. The molecule has 3 heterocycles. The van der Waals surface area contributed by atoms with E-state index in [9.17, 15) is 0 Å². The first kappa shape index (κ1) is 15.0. The van der Waals surface area contributed by atoms with Crippen molar-refractivity contribution in [2.45, 2.75) is 31.7 Å². The largest absolute Gasteiger partial charge is 0.304 e. The van der Waals surface area contributed by atoms with Gasteiger partial charge in [-0.25, -0.2) is 0 Å². The molecule has 2 aliphatic heterocycles. The van der Waals surface area contributed by atoms with E-state index >= 15 is 0 Å². The van der Waals surface area contributed by atoms with Crippen molar-refractivity contribution in [1.82, 2.24) is 24.9 Å². The number of H-pyrrole nitrogens is 1. The number of nitrogens with one attached hydrogen (secondary N) is 1. The van der Waals surface area contributed by atoms with Gasteiger partial charge in [-0.2, -0.15) is 5.10 Å². The third kappa shape index (κ3) is 3.84. The first-order chi connectivity index (χ1) is 10.2. The molecule has 1 N–H and O–H groups in total. The van der Waals surface area contributed by atoms with E-state index in [1.807, 2.05) is 6.20 Å². The van der Waals surface area contributed by atoms with Crippen molar-refractivity contribution in [1.29, 1.82) is 0 Å². The van der Waals surface area contributed by atoms with Gasteiger partial charge in [0.25, 0.3) is 0 Å². The summed E-state index contributed by atoms with van der Waals surface area (Å²) in [5, 5.41) is 7.23. The normalized spacial score (nSPS) is 25.2. The summed E-state index contributed by atoms with van der Waals surface area (Å²) in [6.07, 6.45) is 4.39. The molecule has 3 rings (SSSR count). The predicted octanol–water partition coefficient (Wildman–Crippen LogP) is 1.22. The van der Waals surface area contributed by atoms with E-state index in [1.165, 1.54) is 64.3 Å². The average Bonchev–Trinajstić information content (AvgIpc) is 3.04. The Morgan fingerprint density at radius 3 is 2.52 bits per heavy atom. The van der Waals surface area contributed by atoms with Crippen LogP contribution >= 0.6 is 0 Å². The molecule has 0 aromatic carbocycles. The number of hydrogen-bond donors (Lipinski definition) is 1. The molecule has 2 saturated heterocycles. The number of piperazine rings is 1. The Kier molecular flexibility index (Phi) is 4.93. The lowest BCUT2D eigenvalue weighted by molar-refractivity contribution is 0.0919. The molecule has 1 aromatic rings. The van der Waals surface area contributed by atoms with Crippen LogP contribution in [0.2, 0.25) is 0 Å². The SMILES string of the molecule is CC(CN1CCN(C)CC1)N1CCC(c2ccn[nH]2)CC1. The summed E-state index contributed by atoms with van der Waals surface area (Å²) in [5.74, 6) is 0.680. The Hall–Kier alpha value is -0.910. The third-order valence-corrected chi connectivity index (χ3v) is 5.23. The first-order valence-corrected chi connectivity index (χ1v) is 8.36. The van der Waals surface area contributed by atoms with Crippen molar-refractivity contribution < 1.29 is 0 Å². The number of piperidine rings is 1. The zero-order valence-electron chi connectivity index (χ0n) is 13.5. The van der Waals surface area contributed by atoms with E-state index in [0.717, 1.165) is 0 Å². The lowest BCUT2D eigenvalue weighted by Crippen LogP contribution is -2.51. The maximum absolute atomic E-state index is 4.09. The Balaban J connectivity index is 1.43. The summed E-state index contributed by atoms with van der Waals surface area (Å²) < 4.78 is 0. The molecule has 118 valence electrons. The van der Waals surface area contributed by atoms with Crippen molar-refractivity contribution in [3.8, 4) is 0 Å². The van der Waals surface area contributed by atoms with Gasteiger partial charge >= 0.3 is 0 Å². The molecule has 0 aliphatic carbocycles. The molecule has 0 bridgehead atoms. The average molecular weight is 291 g/mol. The number of nitrogens with zero attached hydrogens (tertiary/aromatic N) is 4. The summed E-state index contributed by atoms with van der Waals surface area (Å²) in [5.41, 5.74) is 1.32. The van der Waals surface area contributed by atoms with Crippen LogP contribution in [0.3, 0.4) is 0 Å². The minimum absolute atomic E-state index is 0.677. The van der Waals surface area contributed by atoms with Gasteiger partial charge in [0.05, 0.1) is 0 Å². The van der Waals surface area contributed by atoms with Crippen LogP contribution in [0, 0.1) is 0 Å².